The molecule has 1 atom stereocenters. The predicted octanol–water partition coefficient (Wildman–Crippen LogP) is 0.942. The van der Waals surface area contributed by atoms with E-state index in [-0.39, 0.29) is 11.8 Å². The van der Waals surface area contributed by atoms with E-state index in [1.807, 2.05) is 30.3 Å². The zero-order valence-electron chi connectivity index (χ0n) is 7.84. The number of amides is 1. The Balaban J connectivity index is 2.35. The molecule has 1 heterocycles. The number of hydrogen-bond donors (Lipinski definition) is 1. The number of amidine groups is 1. The maximum Gasteiger partial charge on any atom is 0.257 e. The van der Waals surface area contributed by atoms with Crippen molar-refractivity contribution < 1.29 is 4.79 Å². The molecule has 0 bridgehead atoms. The fourth-order valence-corrected chi connectivity index (χ4v) is 1.32. The number of anilines is 1. The van der Waals surface area contributed by atoms with Crippen molar-refractivity contribution in [3.8, 4) is 0 Å². The molecule has 1 aliphatic rings. The molecule has 0 radical (unpaired) electrons. The Labute approximate surface area is 82.0 Å². The first kappa shape index (κ1) is 8.74. The van der Waals surface area contributed by atoms with E-state index in [1.165, 1.54) is 5.01 Å². The largest absolute Gasteiger partial charge is 0.385 e. The van der Waals surface area contributed by atoms with Gasteiger partial charge in [-0.1, -0.05) is 18.2 Å². The molecule has 1 unspecified atom stereocenters. The fraction of sp³-hybridized carbons (Fsp3) is 0.200. The average molecular weight is 189 g/mol. The van der Waals surface area contributed by atoms with Crippen LogP contribution in [0.2, 0.25) is 0 Å². The first-order valence-corrected chi connectivity index (χ1v) is 4.43. The van der Waals surface area contributed by atoms with Gasteiger partial charge in [-0.15, -0.1) is 0 Å². The minimum Gasteiger partial charge on any atom is -0.385 e. The third-order valence-electron chi connectivity index (χ3n) is 2.24. The van der Waals surface area contributed by atoms with Gasteiger partial charge in [-0.3, -0.25) is 4.79 Å². The minimum absolute atomic E-state index is 0.0753. The van der Waals surface area contributed by atoms with Gasteiger partial charge in [0.15, 0.2) is 0 Å². The van der Waals surface area contributed by atoms with Crippen LogP contribution in [0.4, 0.5) is 5.69 Å². The second kappa shape index (κ2) is 3.14. The Bertz CT molecular complexity index is 386. The van der Waals surface area contributed by atoms with Crippen molar-refractivity contribution in [3.05, 3.63) is 30.3 Å². The highest BCUT2D eigenvalue weighted by Crippen LogP contribution is 2.21. The van der Waals surface area contributed by atoms with Gasteiger partial charge >= 0.3 is 0 Å². The van der Waals surface area contributed by atoms with Gasteiger partial charge in [-0.25, -0.2) is 0 Å². The molecule has 0 fully saturated rings. The van der Waals surface area contributed by atoms with Gasteiger partial charge in [0.2, 0.25) is 0 Å². The molecular weight excluding hydrogens is 178 g/mol. The molecule has 1 aromatic carbocycles. The third-order valence-corrected chi connectivity index (χ3v) is 2.24. The van der Waals surface area contributed by atoms with Gasteiger partial charge in [-0.05, 0) is 19.1 Å². The molecule has 72 valence electrons. The monoisotopic (exact) mass is 189 g/mol. The summed E-state index contributed by atoms with van der Waals surface area (Å²) in [6, 6.07) is 9.26. The van der Waals surface area contributed by atoms with Crippen LogP contribution in [0.15, 0.2) is 35.4 Å². The van der Waals surface area contributed by atoms with Crippen LogP contribution in [0, 0.1) is 5.92 Å². The highest BCUT2D eigenvalue weighted by molar-refractivity contribution is 6.13. The summed E-state index contributed by atoms with van der Waals surface area (Å²) in [5.41, 5.74) is 6.34. The number of hydrogen-bond acceptors (Lipinski definition) is 3. The van der Waals surface area contributed by atoms with Gasteiger partial charge < -0.3 is 5.73 Å². The van der Waals surface area contributed by atoms with E-state index in [9.17, 15) is 4.79 Å². The highest BCUT2D eigenvalue weighted by Gasteiger charge is 2.31. The van der Waals surface area contributed by atoms with Crippen LogP contribution in [-0.2, 0) is 4.79 Å². The maximum atomic E-state index is 11.6. The van der Waals surface area contributed by atoms with E-state index >= 15 is 0 Å². The fourth-order valence-electron chi connectivity index (χ4n) is 1.32. The normalized spacial score (nSPS) is 21.2. The van der Waals surface area contributed by atoms with Crippen LogP contribution in [0.3, 0.4) is 0 Å². The quantitative estimate of drug-likeness (QED) is 0.714. The summed E-state index contributed by atoms with van der Waals surface area (Å²) in [5, 5.41) is 5.35. The number of carbonyl (C=O) groups is 1. The Morgan fingerprint density at radius 1 is 1.36 bits per heavy atom. The molecule has 2 rings (SSSR count). The molecule has 1 aromatic rings. The predicted molar refractivity (Wildman–Crippen MR) is 54.7 cm³/mol. The lowest BCUT2D eigenvalue weighted by atomic mass is 10.1. The van der Waals surface area contributed by atoms with Crippen molar-refractivity contribution in [2.24, 2.45) is 16.8 Å². The number of rotatable bonds is 1. The summed E-state index contributed by atoms with van der Waals surface area (Å²) in [4.78, 5) is 11.6. The Kier molecular flexibility index (Phi) is 1.96. The summed E-state index contributed by atoms with van der Waals surface area (Å²) < 4.78 is 0. The molecular formula is C10H11N3O. The SMILES string of the molecule is CC1C(=O)N(c2ccccc2)N=C1N. The molecule has 4 nitrogen and oxygen atoms in total. The van der Waals surface area contributed by atoms with Crippen LogP contribution in [-0.4, -0.2) is 11.7 Å². The summed E-state index contributed by atoms with van der Waals surface area (Å²) in [6.07, 6.45) is 0. The van der Waals surface area contributed by atoms with Gasteiger partial charge in [-0.2, -0.15) is 10.1 Å². The molecule has 14 heavy (non-hydrogen) atoms. The third kappa shape index (κ3) is 1.25. The van der Waals surface area contributed by atoms with E-state index in [0.29, 0.717) is 5.84 Å². The summed E-state index contributed by atoms with van der Waals surface area (Å²) in [6.45, 7) is 1.75. The lowest BCUT2D eigenvalue weighted by Crippen LogP contribution is -2.27. The second-order valence-electron chi connectivity index (χ2n) is 3.23. The van der Waals surface area contributed by atoms with Gasteiger partial charge in [0.1, 0.15) is 5.84 Å². The molecule has 4 heteroatoms. The van der Waals surface area contributed by atoms with Crippen LogP contribution >= 0.6 is 0 Å². The molecule has 0 saturated carbocycles. The van der Waals surface area contributed by atoms with Crippen LogP contribution in [0.5, 0.6) is 0 Å². The average Bonchev–Trinajstić information content (AvgIpc) is 2.47. The van der Waals surface area contributed by atoms with Crippen LogP contribution in [0.1, 0.15) is 6.92 Å². The van der Waals surface area contributed by atoms with Crippen molar-refractivity contribution >= 4 is 17.4 Å². The lowest BCUT2D eigenvalue weighted by Gasteiger charge is -2.11. The zero-order valence-corrected chi connectivity index (χ0v) is 7.84. The topological polar surface area (TPSA) is 58.7 Å². The number of nitrogens with zero attached hydrogens (tertiary/aromatic N) is 2. The van der Waals surface area contributed by atoms with Gasteiger partial charge in [0.05, 0.1) is 11.6 Å². The van der Waals surface area contributed by atoms with Gasteiger partial charge in [0, 0.05) is 0 Å². The number of para-hydroxylation sites is 1. The maximum absolute atomic E-state index is 11.6. The van der Waals surface area contributed by atoms with Crippen molar-refractivity contribution in [1.82, 2.24) is 0 Å². The van der Waals surface area contributed by atoms with E-state index in [0.717, 1.165) is 5.69 Å². The number of nitrogens with two attached hydrogens (primary N) is 1. The Morgan fingerprint density at radius 2 is 2.00 bits per heavy atom. The molecule has 1 aliphatic heterocycles. The minimum atomic E-state index is -0.310. The molecule has 0 saturated heterocycles. The second-order valence-corrected chi connectivity index (χ2v) is 3.23. The number of carbonyl (C=O) groups excluding carboxylic acids is 1. The van der Waals surface area contributed by atoms with Crippen molar-refractivity contribution in [2.45, 2.75) is 6.92 Å². The Hall–Kier alpha value is -1.84. The van der Waals surface area contributed by atoms with Gasteiger partial charge in [0.25, 0.3) is 5.91 Å². The first-order chi connectivity index (χ1) is 6.70. The lowest BCUT2D eigenvalue weighted by molar-refractivity contribution is -0.119. The summed E-state index contributed by atoms with van der Waals surface area (Å²) >= 11 is 0. The smallest absolute Gasteiger partial charge is 0.257 e. The Morgan fingerprint density at radius 3 is 2.50 bits per heavy atom. The van der Waals surface area contributed by atoms with Crippen LogP contribution in [0.25, 0.3) is 0 Å². The molecule has 0 aliphatic carbocycles. The van der Waals surface area contributed by atoms with Crippen molar-refractivity contribution in [3.63, 3.8) is 0 Å². The van der Waals surface area contributed by atoms with Crippen molar-refractivity contribution in [1.29, 1.82) is 0 Å². The summed E-state index contributed by atoms with van der Waals surface area (Å²) in [5.74, 6) is -0.0113. The molecule has 0 aromatic heterocycles. The first-order valence-electron chi connectivity index (χ1n) is 4.43. The zero-order chi connectivity index (χ0) is 10.1. The van der Waals surface area contributed by atoms with E-state index in [4.69, 9.17) is 5.73 Å². The van der Waals surface area contributed by atoms with E-state index < -0.39 is 0 Å². The van der Waals surface area contributed by atoms with E-state index in [1.54, 1.807) is 6.92 Å². The van der Waals surface area contributed by atoms with Crippen LogP contribution < -0.4 is 10.7 Å². The van der Waals surface area contributed by atoms with E-state index in [2.05, 4.69) is 5.10 Å². The standard InChI is InChI=1S/C10H11N3O/c1-7-9(11)12-13(10(7)14)8-5-3-2-4-6-8/h2-7H,1H3,(H2,11,12). The molecule has 2 N–H and O–H groups in total. The molecule has 1 amide bonds. The summed E-state index contributed by atoms with van der Waals surface area (Å²) in [7, 11) is 0. The molecule has 0 spiro atoms. The van der Waals surface area contributed by atoms with Crippen molar-refractivity contribution in [2.75, 3.05) is 5.01 Å². The number of benzene rings is 1. The number of hydrazone groups is 1. The highest BCUT2D eigenvalue weighted by atomic mass is 16.2.